The smallest absolute Gasteiger partial charge is 0.238 e. The van der Waals surface area contributed by atoms with Crippen LogP contribution in [0.3, 0.4) is 0 Å². The van der Waals surface area contributed by atoms with E-state index >= 15 is 0 Å². The zero-order chi connectivity index (χ0) is 19.3. The fourth-order valence-corrected chi connectivity index (χ4v) is 3.03. The first-order valence-electron chi connectivity index (χ1n) is 7.60. The molecule has 9 heteroatoms. The van der Waals surface area contributed by atoms with Gasteiger partial charge in [-0.15, -0.1) is 0 Å². The number of hydrogen-bond donors (Lipinski definition) is 3. The van der Waals surface area contributed by atoms with Crippen molar-refractivity contribution in [3.8, 4) is 0 Å². The summed E-state index contributed by atoms with van der Waals surface area (Å²) in [5.74, 6) is -0.681. The van der Waals surface area contributed by atoms with Crippen LogP contribution in [-0.4, -0.2) is 20.2 Å². The van der Waals surface area contributed by atoms with E-state index in [1.807, 2.05) is 0 Å². The Kier molecular flexibility index (Phi) is 6.36. The maximum Gasteiger partial charge on any atom is 0.238 e. The molecule has 7 nitrogen and oxygen atoms in total. The van der Waals surface area contributed by atoms with Gasteiger partial charge in [-0.1, -0.05) is 29.8 Å². The van der Waals surface area contributed by atoms with Gasteiger partial charge in [0.2, 0.25) is 21.8 Å². The van der Waals surface area contributed by atoms with Crippen molar-refractivity contribution in [1.29, 1.82) is 0 Å². The molecule has 2 aromatic rings. The van der Waals surface area contributed by atoms with Gasteiger partial charge in [-0.3, -0.25) is 9.59 Å². The summed E-state index contributed by atoms with van der Waals surface area (Å²) in [6.07, 6.45) is -0.0409. The Bertz CT molecular complexity index is 914. The molecule has 0 saturated carbocycles. The Morgan fingerprint density at radius 1 is 1.15 bits per heavy atom. The van der Waals surface area contributed by atoms with Crippen molar-refractivity contribution in [1.82, 2.24) is 5.32 Å². The van der Waals surface area contributed by atoms with Crippen LogP contribution in [0.5, 0.6) is 0 Å². The Labute approximate surface area is 156 Å². The highest BCUT2D eigenvalue weighted by Gasteiger charge is 2.18. The van der Waals surface area contributed by atoms with Gasteiger partial charge in [-0.2, -0.15) is 0 Å². The second-order valence-electron chi connectivity index (χ2n) is 5.63. The number of hydrogen-bond acceptors (Lipinski definition) is 4. The van der Waals surface area contributed by atoms with Crippen LogP contribution in [-0.2, 0) is 19.6 Å². The van der Waals surface area contributed by atoms with Gasteiger partial charge in [0.25, 0.3) is 0 Å². The van der Waals surface area contributed by atoms with Crippen LogP contribution in [0.1, 0.15) is 24.9 Å². The molecule has 2 amide bonds. The van der Waals surface area contributed by atoms with Crippen molar-refractivity contribution < 1.29 is 18.0 Å². The Balaban J connectivity index is 2.14. The fraction of sp³-hybridized carbons (Fsp3) is 0.176. The van der Waals surface area contributed by atoms with Crippen molar-refractivity contribution in [2.24, 2.45) is 5.14 Å². The minimum absolute atomic E-state index is 0.0409. The monoisotopic (exact) mass is 395 g/mol. The van der Waals surface area contributed by atoms with Gasteiger partial charge in [0.05, 0.1) is 17.4 Å². The number of anilines is 1. The van der Waals surface area contributed by atoms with Gasteiger partial charge in [-0.25, -0.2) is 13.6 Å². The number of primary sulfonamides is 1. The van der Waals surface area contributed by atoms with Crippen LogP contribution in [0.2, 0.25) is 5.02 Å². The number of halogens is 1. The molecule has 1 atom stereocenters. The summed E-state index contributed by atoms with van der Waals surface area (Å²) in [5, 5.41) is 10.9. The van der Waals surface area contributed by atoms with Gasteiger partial charge >= 0.3 is 0 Å². The Hall–Kier alpha value is -2.42. The van der Waals surface area contributed by atoms with Crippen molar-refractivity contribution >= 4 is 39.1 Å². The third-order valence-corrected chi connectivity index (χ3v) is 4.65. The minimum atomic E-state index is -3.87. The van der Waals surface area contributed by atoms with Gasteiger partial charge in [0.1, 0.15) is 0 Å². The lowest BCUT2D eigenvalue weighted by molar-refractivity contribution is -0.120. The van der Waals surface area contributed by atoms with E-state index in [1.165, 1.54) is 25.1 Å². The number of nitrogens with one attached hydrogen (secondary N) is 2. The molecule has 2 aromatic carbocycles. The SMILES string of the molecule is CC(=O)NC(CC(=O)Nc1cccc(S(N)(=O)=O)c1)c1ccc(Cl)cc1. The Morgan fingerprint density at radius 3 is 2.38 bits per heavy atom. The lowest BCUT2D eigenvalue weighted by Gasteiger charge is -2.18. The molecule has 138 valence electrons. The van der Waals surface area contributed by atoms with E-state index < -0.39 is 22.0 Å². The summed E-state index contributed by atoms with van der Waals surface area (Å²) in [7, 11) is -3.87. The number of amides is 2. The molecular weight excluding hydrogens is 378 g/mol. The van der Waals surface area contributed by atoms with Crippen LogP contribution in [0.15, 0.2) is 53.4 Å². The van der Waals surface area contributed by atoms with Crippen LogP contribution >= 0.6 is 11.6 Å². The summed E-state index contributed by atoms with van der Waals surface area (Å²) < 4.78 is 22.8. The molecule has 0 saturated heterocycles. The van der Waals surface area contributed by atoms with E-state index in [0.29, 0.717) is 10.7 Å². The molecule has 0 heterocycles. The highest BCUT2D eigenvalue weighted by Crippen LogP contribution is 2.21. The largest absolute Gasteiger partial charge is 0.349 e. The third-order valence-electron chi connectivity index (χ3n) is 3.49. The number of nitrogens with two attached hydrogens (primary N) is 1. The molecule has 1 unspecified atom stereocenters. The van der Waals surface area contributed by atoms with Gasteiger partial charge in [-0.05, 0) is 35.9 Å². The van der Waals surface area contributed by atoms with Crippen LogP contribution in [0.4, 0.5) is 5.69 Å². The summed E-state index contributed by atoms with van der Waals surface area (Å²) in [5.41, 5.74) is 1.01. The standard InChI is InChI=1S/C17H18ClN3O4S/c1-11(22)20-16(12-5-7-13(18)8-6-12)10-17(23)21-14-3-2-4-15(9-14)26(19,24)25/h2-9,16H,10H2,1H3,(H,20,22)(H,21,23)(H2,19,24,25). The molecule has 0 bridgehead atoms. The third kappa shape index (κ3) is 5.83. The summed E-state index contributed by atoms with van der Waals surface area (Å²) in [6.45, 7) is 1.36. The highest BCUT2D eigenvalue weighted by molar-refractivity contribution is 7.89. The first kappa shape index (κ1) is 19.9. The second-order valence-corrected chi connectivity index (χ2v) is 7.63. The predicted octanol–water partition coefficient (Wildman–Crippen LogP) is 2.19. The first-order valence-corrected chi connectivity index (χ1v) is 9.53. The van der Waals surface area contributed by atoms with Gasteiger partial charge < -0.3 is 10.6 Å². The van der Waals surface area contributed by atoms with Gasteiger partial charge in [0, 0.05) is 17.6 Å². The first-order chi connectivity index (χ1) is 12.1. The molecule has 0 spiro atoms. The van der Waals surface area contributed by atoms with E-state index in [2.05, 4.69) is 10.6 Å². The van der Waals surface area contributed by atoms with E-state index in [9.17, 15) is 18.0 Å². The van der Waals surface area contributed by atoms with Crippen LogP contribution in [0, 0.1) is 0 Å². The molecule has 4 N–H and O–H groups in total. The van der Waals surface area contributed by atoms with E-state index in [-0.39, 0.29) is 17.2 Å². The van der Waals surface area contributed by atoms with E-state index in [0.717, 1.165) is 5.56 Å². The second kappa shape index (κ2) is 8.31. The van der Waals surface area contributed by atoms with Gasteiger partial charge in [0.15, 0.2) is 0 Å². The van der Waals surface area contributed by atoms with Crippen molar-refractivity contribution in [3.63, 3.8) is 0 Å². The summed E-state index contributed by atoms with van der Waals surface area (Å²) in [4.78, 5) is 23.7. The van der Waals surface area contributed by atoms with Crippen molar-refractivity contribution in [2.45, 2.75) is 24.3 Å². The fourth-order valence-electron chi connectivity index (χ4n) is 2.34. The molecule has 2 rings (SSSR count). The zero-order valence-corrected chi connectivity index (χ0v) is 15.5. The minimum Gasteiger partial charge on any atom is -0.349 e. The molecule has 0 aromatic heterocycles. The predicted molar refractivity (Wildman–Crippen MR) is 99.1 cm³/mol. The number of carbonyl (C=O) groups is 2. The number of carbonyl (C=O) groups excluding carboxylic acids is 2. The average Bonchev–Trinajstić information content (AvgIpc) is 2.54. The lowest BCUT2D eigenvalue weighted by atomic mass is 10.0. The Morgan fingerprint density at radius 2 is 1.81 bits per heavy atom. The zero-order valence-electron chi connectivity index (χ0n) is 13.9. The normalized spacial score (nSPS) is 12.3. The topological polar surface area (TPSA) is 118 Å². The lowest BCUT2D eigenvalue weighted by Crippen LogP contribution is -2.29. The van der Waals surface area contributed by atoms with Crippen LogP contribution in [0.25, 0.3) is 0 Å². The van der Waals surface area contributed by atoms with Crippen LogP contribution < -0.4 is 15.8 Å². The molecule has 0 fully saturated rings. The summed E-state index contributed by atoms with van der Waals surface area (Å²) >= 11 is 5.86. The molecule has 26 heavy (non-hydrogen) atoms. The molecule has 0 aliphatic heterocycles. The quantitative estimate of drug-likeness (QED) is 0.694. The maximum atomic E-state index is 12.3. The van der Waals surface area contributed by atoms with E-state index in [1.54, 1.807) is 30.3 Å². The average molecular weight is 396 g/mol. The van der Waals surface area contributed by atoms with E-state index in [4.69, 9.17) is 16.7 Å². The number of benzene rings is 2. The molecule has 0 aliphatic rings. The maximum absolute atomic E-state index is 12.3. The number of rotatable bonds is 6. The molecule has 0 aliphatic carbocycles. The summed E-state index contributed by atoms with van der Waals surface area (Å²) in [6, 6.07) is 11.8. The molecule has 0 radical (unpaired) electrons. The number of sulfonamides is 1. The highest BCUT2D eigenvalue weighted by atomic mass is 35.5. The molecular formula is C17H18ClN3O4S. The van der Waals surface area contributed by atoms with Crippen molar-refractivity contribution in [3.05, 3.63) is 59.1 Å². The van der Waals surface area contributed by atoms with Crippen molar-refractivity contribution in [2.75, 3.05) is 5.32 Å².